The number of aromatic amines is 1. The molecule has 1 saturated carbocycles. The maximum atomic E-state index is 13.6. The third-order valence-electron chi connectivity index (χ3n) is 6.13. The third-order valence-corrected chi connectivity index (χ3v) is 6.13. The summed E-state index contributed by atoms with van der Waals surface area (Å²) in [7, 11) is 0. The number of carbonyl (C=O) groups excluding carboxylic acids is 1. The van der Waals surface area contributed by atoms with Crippen LogP contribution >= 0.6 is 0 Å². The molecule has 8 nitrogen and oxygen atoms in total. The van der Waals surface area contributed by atoms with Gasteiger partial charge in [-0.2, -0.15) is 0 Å². The molecule has 5 rings (SSSR count). The molecule has 172 valence electrons. The Morgan fingerprint density at radius 3 is 2.47 bits per heavy atom. The van der Waals surface area contributed by atoms with Crippen LogP contribution in [0.2, 0.25) is 0 Å². The van der Waals surface area contributed by atoms with Gasteiger partial charge >= 0.3 is 5.69 Å². The van der Waals surface area contributed by atoms with E-state index in [-0.39, 0.29) is 17.3 Å². The van der Waals surface area contributed by atoms with Crippen molar-refractivity contribution in [1.82, 2.24) is 24.4 Å². The summed E-state index contributed by atoms with van der Waals surface area (Å²) in [6.07, 6.45) is 7.58. The molecule has 0 aliphatic heterocycles. The molecule has 1 aliphatic carbocycles. The van der Waals surface area contributed by atoms with E-state index < -0.39 is 11.2 Å². The normalized spacial score (nSPS) is 13.2. The van der Waals surface area contributed by atoms with Crippen LogP contribution in [0.4, 0.5) is 0 Å². The summed E-state index contributed by atoms with van der Waals surface area (Å²) in [4.78, 5) is 51.1. The number of aromatic nitrogens is 4. The first-order chi connectivity index (χ1) is 16.5. The lowest BCUT2D eigenvalue weighted by atomic mass is 10.1. The Bertz CT molecular complexity index is 1450. The highest BCUT2D eigenvalue weighted by molar-refractivity contribution is 5.96. The van der Waals surface area contributed by atoms with Gasteiger partial charge in [-0.25, -0.2) is 9.78 Å². The predicted octanol–water partition coefficient (Wildman–Crippen LogP) is 3.22. The van der Waals surface area contributed by atoms with E-state index in [0.29, 0.717) is 24.3 Å². The van der Waals surface area contributed by atoms with Crippen molar-refractivity contribution < 1.29 is 4.79 Å². The number of nitrogens with one attached hydrogen (secondary N) is 1. The first-order valence-corrected chi connectivity index (χ1v) is 11.4. The van der Waals surface area contributed by atoms with Gasteiger partial charge in [0.2, 0.25) is 0 Å². The molecule has 1 aromatic carbocycles. The van der Waals surface area contributed by atoms with Crippen LogP contribution in [0.3, 0.4) is 0 Å². The van der Waals surface area contributed by atoms with Gasteiger partial charge in [-0.05, 0) is 48.1 Å². The molecule has 1 amide bonds. The van der Waals surface area contributed by atoms with Crippen molar-refractivity contribution in [2.24, 2.45) is 0 Å². The third kappa shape index (κ3) is 4.39. The zero-order chi connectivity index (χ0) is 23.7. The molecule has 0 bridgehead atoms. The number of H-pyrrole nitrogens is 1. The molecule has 1 N–H and O–H groups in total. The van der Waals surface area contributed by atoms with Gasteiger partial charge in [-0.1, -0.05) is 37.3 Å². The molecule has 8 heteroatoms. The first kappa shape index (κ1) is 21.8. The van der Waals surface area contributed by atoms with Gasteiger partial charge in [0, 0.05) is 37.7 Å². The summed E-state index contributed by atoms with van der Waals surface area (Å²) < 4.78 is 1.52. The topological polar surface area (TPSA) is 101 Å². The molecule has 0 radical (unpaired) electrons. The SMILES string of the molecule is CCc1ccc(CN(Cc2cccnc2)C(=O)c2cnc3c(c2)c(=O)[nH]c(=O)n3C2CC2)cc1. The Morgan fingerprint density at radius 2 is 1.79 bits per heavy atom. The van der Waals surface area contributed by atoms with E-state index in [4.69, 9.17) is 0 Å². The summed E-state index contributed by atoms with van der Waals surface area (Å²) in [5.74, 6) is -0.249. The highest BCUT2D eigenvalue weighted by Gasteiger charge is 2.28. The van der Waals surface area contributed by atoms with Crippen LogP contribution in [-0.2, 0) is 19.5 Å². The maximum absolute atomic E-state index is 13.6. The molecule has 4 aromatic rings. The number of aryl methyl sites for hydroxylation is 1. The van der Waals surface area contributed by atoms with Gasteiger partial charge in [-0.15, -0.1) is 0 Å². The smallest absolute Gasteiger partial charge is 0.330 e. The second-order valence-electron chi connectivity index (χ2n) is 8.65. The van der Waals surface area contributed by atoms with Crippen molar-refractivity contribution in [2.75, 3.05) is 0 Å². The number of amides is 1. The number of nitrogens with zero attached hydrogens (tertiary/aromatic N) is 4. The van der Waals surface area contributed by atoms with Gasteiger partial charge < -0.3 is 4.90 Å². The summed E-state index contributed by atoms with van der Waals surface area (Å²) in [5, 5.41) is 0.242. The van der Waals surface area contributed by atoms with Gasteiger partial charge in [0.1, 0.15) is 5.65 Å². The van der Waals surface area contributed by atoms with Crippen molar-refractivity contribution in [3.63, 3.8) is 0 Å². The maximum Gasteiger partial charge on any atom is 0.330 e. The summed E-state index contributed by atoms with van der Waals surface area (Å²) in [5.41, 5.74) is 2.76. The Morgan fingerprint density at radius 1 is 1.06 bits per heavy atom. The fourth-order valence-electron chi connectivity index (χ4n) is 4.12. The fourth-order valence-corrected chi connectivity index (χ4v) is 4.12. The van der Waals surface area contributed by atoms with Crippen molar-refractivity contribution in [3.8, 4) is 0 Å². The lowest BCUT2D eigenvalue weighted by molar-refractivity contribution is 0.0729. The van der Waals surface area contributed by atoms with Crippen LogP contribution < -0.4 is 11.2 Å². The largest absolute Gasteiger partial charge is 0.330 e. The van der Waals surface area contributed by atoms with Crippen molar-refractivity contribution >= 4 is 16.9 Å². The monoisotopic (exact) mass is 455 g/mol. The minimum Gasteiger partial charge on any atom is -0.330 e. The minimum atomic E-state index is -0.534. The zero-order valence-corrected chi connectivity index (χ0v) is 18.9. The lowest BCUT2D eigenvalue weighted by Crippen LogP contribution is -2.32. The summed E-state index contributed by atoms with van der Waals surface area (Å²) in [6.45, 7) is 2.86. The second-order valence-corrected chi connectivity index (χ2v) is 8.65. The fraction of sp³-hybridized carbons (Fsp3) is 0.269. The van der Waals surface area contributed by atoms with Gasteiger partial charge in [0.25, 0.3) is 11.5 Å². The highest BCUT2D eigenvalue weighted by Crippen LogP contribution is 2.34. The Kier molecular flexibility index (Phi) is 5.79. The van der Waals surface area contributed by atoms with Crippen LogP contribution in [0.1, 0.15) is 52.9 Å². The number of benzene rings is 1. The molecule has 0 atom stereocenters. The molecule has 34 heavy (non-hydrogen) atoms. The van der Waals surface area contributed by atoms with Gasteiger partial charge in [-0.3, -0.25) is 24.1 Å². The number of hydrogen-bond donors (Lipinski definition) is 1. The molecular weight excluding hydrogens is 430 g/mol. The predicted molar refractivity (Wildman–Crippen MR) is 129 cm³/mol. The van der Waals surface area contributed by atoms with Crippen LogP contribution in [0, 0.1) is 0 Å². The molecule has 0 unspecified atom stereocenters. The van der Waals surface area contributed by atoms with Crippen LogP contribution in [-0.4, -0.2) is 30.3 Å². The second kappa shape index (κ2) is 9.05. The van der Waals surface area contributed by atoms with E-state index in [1.54, 1.807) is 17.3 Å². The number of rotatable bonds is 7. The molecule has 3 heterocycles. The van der Waals surface area contributed by atoms with Crippen molar-refractivity contribution in [1.29, 1.82) is 0 Å². The minimum absolute atomic E-state index is 0.0501. The molecule has 1 aliphatic rings. The van der Waals surface area contributed by atoms with Crippen molar-refractivity contribution in [3.05, 3.63) is 104 Å². The lowest BCUT2D eigenvalue weighted by Gasteiger charge is -2.23. The van der Waals surface area contributed by atoms with Crippen LogP contribution in [0.25, 0.3) is 11.0 Å². The quantitative estimate of drug-likeness (QED) is 0.461. The average Bonchev–Trinajstić information content (AvgIpc) is 3.69. The molecule has 0 spiro atoms. The molecule has 3 aromatic heterocycles. The first-order valence-electron chi connectivity index (χ1n) is 11.4. The summed E-state index contributed by atoms with van der Waals surface area (Å²) in [6, 6.07) is 13.5. The Balaban J connectivity index is 1.51. The molecule has 0 saturated heterocycles. The van der Waals surface area contributed by atoms with E-state index in [2.05, 4.69) is 34.0 Å². The van der Waals surface area contributed by atoms with E-state index in [9.17, 15) is 14.4 Å². The number of carbonyl (C=O) groups is 1. The Hall–Kier alpha value is -4.07. The zero-order valence-electron chi connectivity index (χ0n) is 18.9. The summed E-state index contributed by atoms with van der Waals surface area (Å²) >= 11 is 0. The number of fused-ring (bicyclic) bond motifs is 1. The number of hydrogen-bond acceptors (Lipinski definition) is 5. The van der Waals surface area contributed by atoms with Crippen LogP contribution in [0.5, 0.6) is 0 Å². The van der Waals surface area contributed by atoms with Crippen molar-refractivity contribution in [2.45, 2.75) is 45.3 Å². The molecular formula is C26H25N5O3. The number of pyridine rings is 2. The van der Waals surface area contributed by atoms with Gasteiger partial charge in [0.05, 0.1) is 10.9 Å². The van der Waals surface area contributed by atoms with Gasteiger partial charge in [0.15, 0.2) is 0 Å². The Labute approximate surface area is 195 Å². The van der Waals surface area contributed by atoms with Crippen LogP contribution in [0.15, 0.2) is 70.6 Å². The van der Waals surface area contributed by atoms with E-state index in [1.807, 2.05) is 24.3 Å². The molecule has 1 fully saturated rings. The standard InChI is InChI=1S/C26H25N5O3/c1-2-17-5-7-18(8-6-17)15-30(16-19-4-3-11-27-13-19)25(33)20-12-22-23(28-14-20)31(21-9-10-21)26(34)29-24(22)32/h3-8,11-14,21H,2,9-10,15-16H2,1H3,(H,29,32,34). The average molecular weight is 456 g/mol. The van der Waals surface area contributed by atoms with E-state index in [1.165, 1.54) is 22.4 Å². The van der Waals surface area contributed by atoms with E-state index >= 15 is 0 Å². The van der Waals surface area contributed by atoms with E-state index in [0.717, 1.165) is 30.4 Å². The highest BCUT2D eigenvalue weighted by atomic mass is 16.2.